The first kappa shape index (κ1) is 24.3. The van der Waals surface area contributed by atoms with Crippen molar-refractivity contribution in [2.45, 2.75) is 45.8 Å². The zero-order chi connectivity index (χ0) is 21.5. The van der Waals surface area contributed by atoms with Crippen LogP contribution in [-0.4, -0.2) is 60.2 Å². The summed E-state index contributed by atoms with van der Waals surface area (Å²) < 4.78 is 12.7. The van der Waals surface area contributed by atoms with Crippen LogP contribution < -0.4 is 4.74 Å². The molecule has 0 N–H and O–H groups in total. The highest BCUT2D eigenvalue weighted by molar-refractivity contribution is 14.1. The van der Waals surface area contributed by atoms with Crippen molar-refractivity contribution in [2.24, 2.45) is 0 Å². The zero-order valence-electron chi connectivity index (χ0n) is 17.8. The summed E-state index contributed by atoms with van der Waals surface area (Å²) in [5, 5.41) is 0. The molecule has 156 valence electrons. The van der Waals surface area contributed by atoms with Gasteiger partial charge in [-0.15, -0.1) is 0 Å². The fourth-order valence-corrected chi connectivity index (χ4v) is 2.63. The summed E-state index contributed by atoms with van der Waals surface area (Å²) in [7, 11) is 3.35. The van der Waals surface area contributed by atoms with Crippen LogP contribution in [0, 0.1) is 3.57 Å². The summed E-state index contributed by atoms with van der Waals surface area (Å²) >= 11 is 2.24. The number of nitrogens with zero attached hydrogens (tertiary/aromatic N) is 2. The molecule has 0 heterocycles. The Morgan fingerprint density at radius 3 is 2.14 bits per heavy atom. The van der Waals surface area contributed by atoms with Crippen molar-refractivity contribution in [1.82, 2.24) is 9.80 Å². The minimum Gasteiger partial charge on any atom is -0.486 e. The summed E-state index contributed by atoms with van der Waals surface area (Å²) in [5.74, 6) is 0.589. The molecule has 28 heavy (non-hydrogen) atoms. The molecule has 0 aliphatic rings. The Morgan fingerprint density at radius 1 is 1.07 bits per heavy atom. The molecule has 0 saturated carbocycles. The van der Waals surface area contributed by atoms with Gasteiger partial charge in [0.1, 0.15) is 17.0 Å². The van der Waals surface area contributed by atoms with Crippen LogP contribution in [0.4, 0.5) is 4.79 Å². The van der Waals surface area contributed by atoms with E-state index >= 15 is 0 Å². The first-order valence-corrected chi connectivity index (χ1v) is 10.2. The molecule has 0 bridgehead atoms. The van der Waals surface area contributed by atoms with Crippen LogP contribution in [0.3, 0.4) is 0 Å². The first-order valence-electron chi connectivity index (χ1n) is 9.09. The van der Waals surface area contributed by atoms with E-state index < -0.39 is 17.3 Å². The van der Waals surface area contributed by atoms with E-state index in [1.807, 2.05) is 58.9 Å². The Hall–Kier alpha value is -1.77. The van der Waals surface area contributed by atoms with Crippen molar-refractivity contribution in [3.63, 3.8) is 0 Å². The molecule has 0 saturated heterocycles. The van der Waals surface area contributed by atoms with Crippen LogP contribution in [0.1, 0.15) is 34.6 Å². The van der Waals surface area contributed by atoms with E-state index in [2.05, 4.69) is 22.6 Å². The Morgan fingerprint density at radius 2 is 1.64 bits per heavy atom. The van der Waals surface area contributed by atoms with Crippen LogP contribution in [0.15, 0.2) is 36.4 Å². The van der Waals surface area contributed by atoms with E-state index in [0.717, 1.165) is 9.32 Å². The summed E-state index contributed by atoms with van der Waals surface area (Å²) in [4.78, 5) is 27.4. The Balaban J connectivity index is 2.90. The fourth-order valence-electron chi connectivity index (χ4n) is 2.27. The molecule has 0 spiro atoms. The molecule has 6 nitrogen and oxygen atoms in total. The van der Waals surface area contributed by atoms with E-state index in [-0.39, 0.29) is 12.5 Å². The van der Waals surface area contributed by atoms with Crippen LogP contribution in [0.5, 0.6) is 5.75 Å². The highest BCUT2D eigenvalue weighted by atomic mass is 127. The minimum atomic E-state index is -0.650. The van der Waals surface area contributed by atoms with Crippen molar-refractivity contribution in [3.8, 4) is 5.75 Å². The van der Waals surface area contributed by atoms with Gasteiger partial charge >= 0.3 is 6.09 Å². The maximum Gasteiger partial charge on any atom is 0.410 e. The number of hydrogen-bond acceptors (Lipinski definition) is 4. The third kappa shape index (κ3) is 9.43. The average Bonchev–Trinajstić information content (AvgIpc) is 2.53. The van der Waals surface area contributed by atoms with Gasteiger partial charge in [0.05, 0.1) is 6.54 Å². The molecule has 2 amide bonds. The van der Waals surface area contributed by atoms with E-state index in [4.69, 9.17) is 9.47 Å². The molecular formula is C21H31IN2O4. The Bertz CT molecular complexity index is 691. The van der Waals surface area contributed by atoms with E-state index in [1.165, 1.54) is 15.9 Å². The van der Waals surface area contributed by atoms with Gasteiger partial charge in [-0.3, -0.25) is 4.79 Å². The highest BCUT2D eigenvalue weighted by Crippen LogP contribution is 2.21. The molecule has 0 fully saturated rings. The summed E-state index contributed by atoms with van der Waals surface area (Å²) in [6.45, 7) is 9.83. The lowest BCUT2D eigenvalue weighted by Crippen LogP contribution is -2.47. The summed E-state index contributed by atoms with van der Waals surface area (Å²) in [6.07, 6.45) is 2.66. The number of amides is 2. The van der Waals surface area contributed by atoms with Crippen molar-refractivity contribution in [2.75, 3.05) is 27.2 Å². The second-order valence-electron chi connectivity index (χ2n) is 8.31. The second kappa shape index (κ2) is 10.1. The van der Waals surface area contributed by atoms with Gasteiger partial charge in [-0.2, -0.15) is 0 Å². The maximum atomic E-state index is 12.7. The molecule has 0 aliphatic carbocycles. The lowest BCUT2D eigenvalue weighted by atomic mass is 10.1. The molecule has 0 aliphatic heterocycles. The number of halogens is 1. The number of ether oxygens (including phenoxy) is 2. The Labute approximate surface area is 182 Å². The molecule has 0 radical (unpaired) electrons. The molecule has 0 unspecified atom stereocenters. The molecule has 1 aromatic rings. The van der Waals surface area contributed by atoms with Gasteiger partial charge in [0, 0.05) is 30.3 Å². The van der Waals surface area contributed by atoms with E-state index in [1.54, 1.807) is 20.2 Å². The van der Waals surface area contributed by atoms with Gasteiger partial charge in [0.25, 0.3) is 0 Å². The van der Waals surface area contributed by atoms with Crippen molar-refractivity contribution in [3.05, 3.63) is 40.0 Å². The van der Waals surface area contributed by atoms with Crippen molar-refractivity contribution >= 4 is 34.6 Å². The van der Waals surface area contributed by atoms with Gasteiger partial charge in [-0.05, 0) is 81.5 Å². The molecular weight excluding hydrogens is 471 g/mol. The molecule has 1 aromatic carbocycles. The molecule has 0 atom stereocenters. The van der Waals surface area contributed by atoms with E-state index in [9.17, 15) is 9.59 Å². The standard InChI is InChI=1S/C21H31IN2O4/c1-20(2,3)28-19(26)24(14-8-9-18(25)23(6)7)15-21(4,5)27-17-12-10-16(22)11-13-17/h8-13H,14-15H2,1-7H3/b9-8+. The van der Waals surface area contributed by atoms with Gasteiger partial charge in [0.2, 0.25) is 5.91 Å². The quantitative estimate of drug-likeness (QED) is 0.412. The van der Waals surface area contributed by atoms with Crippen molar-refractivity contribution in [1.29, 1.82) is 0 Å². The molecule has 7 heteroatoms. The first-order chi connectivity index (χ1) is 12.8. The lowest BCUT2D eigenvalue weighted by molar-refractivity contribution is -0.123. The van der Waals surface area contributed by atoms with Crippen LogP contribution in [-0.2, 0) is 9.53 Å². The number of carbonyl (C=O) groups excluding carboxylic acids is 2. The van der Waals surface area contributed by atoms with E-state index in [0.29, 0.717) is 6.54 Å². The normalized spacial score (nSPS) is 12.0. The molecule has 0 aromatic heterocycles. The lowest BCUT2D eigenvalue weighted by Gasteiger charge is -2.34. The predicted molar refractivity (Wildman–Crippen MR) is 120 cm³/mol. The Kier molecular flexibility index (Phi) is 8.78. The predicted octanol–water partition coefficient (Wildman–Crippen LogP) is 4.33. The number of rotatable bonds is 7. The van der Waals surface area contributed by atoms with Crippen LogP contribution in [0.25, 0.3) is 0 Å². The van der Waals surface area contributed by atoms with Gasteiger partial charge in [-0.25, -0.2) is 4.79 Å². The SMILES string of the molecule is CN(C)C(=O)/C=C/CN(CC(C)(C)Oc1ccc(I)cc1)C(=O)OC(C)(C)C. The van der Waals surface area contributed by atoms with Gasteiger partial charge in [-0.1, -0.05) is 6.08 Å². The number of likely N-dealkylation sites (N-methyl/N-ethyl adjacent to an activating group) is 1. The van der Waals surface area contributed by atoms with Gasteiger partial charge in [0.15, 0.2) is 0 Å². The molecule has 1 rings (SSSR count). The third-order valence-corrected chi connectivity index (χ3v) is 4.18. The highest BCUT2D eigenvalue weighted by Gasteiger charge is 2.29. The summed E-state index contributed by atoms with van der Waals surface area (Å²) in [6, 6.07) is 7.73. The number of carbonyl (C=O) groups is 2. The minimum absolute atomic E-state index is 0.140. The zero-order valence-corrected chi connectivity index (χ0v) is 19.9. The maximum absolute atomic E-state index is 12.7. The topological polar surface area (TPSA) is 59.1 Å². The van der Waals surface area contributed by atoms with Crippen LogP contribution in [0.2, 0.25) is 0 Å². The monoisotopic (exact) mass is 502 g/mol. The second-order valence-corrected chi connectivity index (χ2v) is 9.56. The van der Waals surface area contributed by atoms with Gasteiger partial charge < -0.3 is 19.3 Å². The average molecular weight is 502 g/mol. The summed E-state index contributed by atoms with van der Waals surface area (Å²) in [5.41, 5.74) is -1.26. The number of hydrogen-bond donors (Lipinski definition) is 0. The van der Waals surface area contributed by atoms with Crippen LogP contribution >= 0.6 is 22.6 Å². The third-order valence-electron chi connectivity index (χ3n) is 3.46. The smallest absolute Gasteiger partial charge is 0.410 e. The number of benzene rings is 1. The largest absolute Gasteiger partial charge is 0.486 e. The van der Waals surface area contributed by atoms with Crippen molar-refractivity contribution < 1.29 is 19.1 Å². The fraction of sp³-hybridized carbons (Fsp3) is 0.524.